The molecule has 11 heavy (non-hydrogen) atoms. The van der Waals surface area contributed by atoms with Crippen molar-refractivity contribution in [3.63, 3.8) is 0 Å². The Morgan fingerprint density at radius 2 is 1.91 bits per heavy atom. The second-order valence-electron chi connectivity index (χ2n) is 3.53. The van der Waals surface area contributed by atoms with Crippen LogP contribution >= 0.6 is 8.46 Å². The molecule has 1 aliphatic carbocycles. The van der Waals surface area contributed by atoms with Crippen LogP contribution in [0.3, 0.4) is 0 Å². The van der Waals surface area contributed by atoms with Crippen molar-refractivity contribution in [2.45, 2.75) is 44.1 Å². The van der Waals surface area contributed by atoms with E-state index in [0.717, 1.165) is 25.4 Å². The lowest BCUT2D eigenvalue weighted by Gasteiger charge is -2.32. The highest BCUT2D eigenvalue weighted by Crippen LogP contribution is 2.29. The number of hydrogen-bond acceptors (Lipinski definition) is 2. The van der Waals surface area contributed by atoms with Crippen LogP contribution in [-0.4, -0.2) is 11.7 Å². The SMILES string of the molecule is NC1(CCP=O)CCCCC1. The van der Waals surface area contributed by atoms with E-state index >= 15 is 0 Å². The summed E-state index contributed by atoms with van der Waals surface area (Å²) in [4.78, 5) is 0. The van der Waals surface area contributed by atoms with Gasteiger partial charge in [-0.15, -0.1) is 0 Å². The molecule has 64 valence electrons. The minimum atomic E-state index is 0.0235. The van der Waals surface area contributed by atoms with Gasteiger partial charge in [-0.2, -0.15) is 0 Å². The molecule has 0 bridgehead atoms. The predicted octanol–water partition coefficient (Wildman–Crippen LogP) is 2.33. The molecule has 1 fully saturated rings. The molecule has 0 unspecified atom stereocenters. The second kappa shape index (κ2) is 4.18. The van der Waals surface area contributed by atoms with Gasteiger partial charge in [-0.3, -0.25) is 4.57 Å². The van der Waals surface area contributed by atoms with E-state index in [0.29, 0.717) is 0 Å². The minimum Gasteiger partial charge on any atom is -0.325 e. The van der Waals surface area contributed by atoms with Gasteiger partial charge < -0.3 is 5.73 Å². The molecular weight excluding hydrogens is 157 g/mol. The maximum atomic E-state index is 10.2. The molecule has 3 heteroatoms. The summed E-state index contributed by atoms with van der Waals surface area (Å²) in [7, 11) is 0.248. The zero-order valence-electron chi connectivity index (χ0n) is 6.88. The van der Waals surface area contributed by atoms with Crippen LogP contribution in [0.5, 0.6) is 0 Å². The third-order valence-electron chi connectivity index (χ3n) is 2.55. The van der Waals surface area contributed by atoms with Crippen LogP contribution in [-0.2, 0) is 4.57 Å². The molecule has 0 radical (unpaired) electrons. The van der Waals surface area contributed by atoms with Crippen LogP contribution in [0.4, 0.5) is 0 Å². The van der Waals surface area contributed by atoms with Gasteiger partial charge in [0.2, 0.25) is 0 Å². The molecule has 0 saturated heterocycles. The highest BCUT2D eigenvalue weighted by atomic mass is 31.1. The first-order chi connectivity index (χ1) is 5.27. The monoisotopic (exact) mass is 173 g/mol. The Morgan fingerprint density at radius 1 is 1.27 bits per heavy atom. The van der Waals surface area contributed by atoms with Crippen molar-refractivity contribution >= 4 is 8.46 Å². The Balaban J connectivity index is 2.30. The third-order valence-corrected chi connectivity index (χ3v) is 2.96. The van der Waals surface area contributed by atoms with Crippen LogP contribution in [0.1, 0.15) is 38.5 Å². The number of nitrogens with two attached hydrogens (primary N) is 1. The minimum absolute atomic E-state index is 0.0235. The van der Waals surface area contributed by atoms with Gasteiger partial charge in [0.25, 0.3) is 0 Å². The van der Waals surface area contributed by atoms with Gasteiger partial charge in [0.15, 0.2) is 8.46 Å². The Labute approximate surface area is 69.7 Å². The highest BCUT2D eigenvalue weighted by molar-refractivity contribution is 7.23. The van der Waals surface area contributed by atoms with Gasteiger partial charge in [0.1, 0.15) is 0 Å². The molecule has 2 N–H and O–H groups in total. The summed E-state index contributed by atoms with van der Waals surface area (Å²) in [6.07, 6.45) is 7.76. The summed E-state index contributed by atoms with van der Waals surface area (Å²) in [6, 6.07) is 0. The molecule has 0 aromatic carbocycles. The molecule has 0 aromatic heterocycles. The van der Waals surface area contributed by atoms with Crippen LogP contribution in [0.15, 0.2) is 0 Å². The maximum Gasteiger partial charge on any atom is 0.155 e. The third kappa shape index (κ3) is 2.88. The summed E-state index contributed by atoms with van der Waals surface area (Å²) in [5, 5.41) is 0. The average Bonchev–Trinajstić information content (AvgIpc) is 2.03. The standard InChI is InChI=1S/C8H16NOP/c9-8(6-7-11-10)4-2-1-3-5-8/h1-7,9H2. The van der Waals surface area contributed by atoms with Crippen LogP contribution in [0.25, 0.3) is 0 Å². The van der Waals surface area contributed by atoms with Crippen molar-refractivity contribution < 1.29 is 4.57 Å². The molecule has 0 aliphatic heterocycles. The van der Waals surface area contributed by atoms with Gasteiger partial charge in [0.05, 0.1) is 0 Å². The quantitative estimate of drug-likeness (QED) is 0.665. The van der Waals surface area contributed by atoms with Crippen molar-refractivity contribution in [2.75, 3.05) is 6.16 Å². The molecule has 1 aliphatic rings. The van der Waals surface area contributed by atoms with Crippen LogP contribution in [0.2, 0.25) is 0 Å². The molecule has 0 amide bonds. The molecule has 0 spiro atoms. The number of hydrogen-bond donors (Lipinski definition) is 1. The van der Waals surface area contributed by atoms with E-state index in [1.807, 2.05) is 0 Å². The highest BCUT2D eigenvalue weighted by Gasteiger charge is 2.26. The largest absolute Gasteiger partial charge is 0.325 e. The normalized spacial score (nSPS) is 23.7. The average molecular weight is 173 g/mol. The smallest absolute Gasteiger partial charge is 0.155 e. The van der Waals surface area contributed by atoms with Crippen molar-refractivity contribution in [3.05, 3.63) is 0 Å². The predicted molar refractivity (Wildman–Crippen MR) is 47.1 cm³/mol. The molecular formula is C8H16NOP. The Morgan fingerprint density at radius 3 is 2.45 bits per heavy atom. The lowest BCUT2D eigenvalue weighted by Crippen LogP contribution is -2.41. The van der Waals surface area contributed by atoms with E-state index in [-0.39, 0.29) is 14.0 Å². The molecule has 2 nitrogen and oxygen atoms in total. The fraction of sp³-hybridized carbons (Fsp3) is 1.00. The van der Waals surface area contributed by atoms with Gasteiger partial charge in [0, 0.05) is 11.7 Å². The zero-order chi connectivity index (χ0) is 8.16. The number of rotatable bonds is 3. The van der Waals surface area contributed by atoms with Crippen molar-refractivity contribution in [2.24, 2.45) is 5.73 Å². The molecule has 0 heterocycles. The summed E-state index contributed by atoms with van der Waals surface area (Å²) in [5.74, 6) is 0. The lowest BCUT2D eigenvalue weighted by molar-refractivity contribution is 0.288. The first-order valence-corrected chi connectivity index (χ1v) is 5.35. The summed E-state index contributed by atoms with van der Waals surface area (Å²) in [6.45, 7) is 0. The Kier molecular flexibility index (Phi) is 3.47. The second-order valence-corrected chi connectivity index (χ2v) is 4.23. The fourth-order valence-corrected chi connectivity index (χ4v) is 2.31. The zero-order valence-corrected chi connectivity index (χ0v) is 7.78. The van der Waals surface area contributed by atoms with Crippen LogP contribution in [0, 0.1) is 0 Å². The van der Waals surface area contributed by atoms with E-state index in [2.05, 4.69) is 0 Å². The Bertz CT molecular complexity index is 132. The lowest BCUT2D eigenvalue weighted by atomic mass is 9.81. The molecule has 0 atom stereocenters. The first kappa shape index (κ1) is 9.15. The van der Waals surface area contributed by atoms with E-state index in [1.54, 1.807) is 0 Å². The van der Waals surface area contributed by atoms with Crippen molar-refractivity contribution in [1.82, 2.24) is 0 Å². The summed E-state index contributed by atoms with van der Waals surface area (Å²) in [5.41, 5.74) is 6.13. The topological polar surface area (TPSA) is 43.1 Å². The van der Waals surface area contributed by atoms with E-state index in [4.69, 9.17) is 5.73 Å². The van der Waals surface area contributed by atoms with Gasteiger partial charge in [-0.1, -0.05) is 19.3 Å². The van der Waals surface area contributed by atoms with Crippen molar-refractivity contribution in [1.29, 1.82) is 0 Å². The summed E-state index contributed by atoms with van der Waals surface area (Å²) >= 11 is 0. The molecule has 1 saturated carbocycles. The van der Waals surface area contributed by atoms with Gasteiger partial charge in [-0.05, 0) is 19.3 Å². The Hall–Kier alpha value is 0.0600. The van der Waals surface area contributed by atoms with E-state index in [9.17, 15) is 4.57 Å². The van der Waals surface area contributed by atoms with Gasteiger partial charge in [-0.25, -0.2) is 0 Å². The molecule has 1 rings (SSSR count). The van der Waals surface area contributed by atoms with Crippen molar-refractivity contribution in [3.8, 4) is 0 Å². The molecule has 0 aromatic rings. The summed E-state index contributed by atoms with van der Waals surface area (Å²) < 4.78 is 10.2. The van der Waals surface area contributed by atoms with Gasteiger partial charge >= 0.3 is 0 Å². The van der Waals surface area contributed by atoms with E-state index in [1.165, 1.54) is 19.3 Å². The van der Waals surface area contributed by atoms with Crippen LogP contribution < -0.4 is 5.73 Å². The van der Waals surface area contributed by atoms with E-state index < -0.39 is 0 Å². The maximum absolute atomic E-state index is 10.2. The fourth-order valence-electron chi connectivity index (χ4n) is 1.77. The first-order valence-electron chi connectivity index (χ1n) is 4.35.